The summed E-state index contributed by atoms with van der Waals surface area (Å²) >= 11 is 5.26. The molecule has 0 amide bonds. The zero-order chi connectivity index (χ0) is 11.0. The molecule has 0 aliphatic heterocycles. The summed E-state index contributed by atoms with van der Waals surface area (Å²) in [6.07, 6.45) is 1.83. The molecule has 0 radical (unpaired) electrons. The molecular formula is C13H8BrNS. The van der Waals surface area contributed by atoms with Crippen LogP contribution in [0.2, 0.25) is 0 Å². The zero-order valence-electron chi connectivity index (χ0n) is 8.35. The fraction of sp³-hybridized carbons (Fsp3) is 0. The molecule has 0 unspecified atom stereocenters. The number of thiophene rings is 1. The maximum atomic E-state index is 4.37. The van der Waals surface area contributed by atoms with Crippen molar-refractivity contribution in [2.24, 2.45) is 0 Å². The van der Waals surface area contributed by atoms with Crippen LogP contribution in [0.25, 0.3) is 20.7 Å². The summed E-state index contributed by atoms with van der Waals surface area (Å²) < 4.78 is 2.41. The van der Waals surface area contributed by atoms with Gasteiger partial charge >= 0.3 is 0 Å². The molecule has 16 heavy (non-hydrogen) atoms. The number of benzene rings is 1. The third-order valence-electron chi connectivity index (χ3n) is 2.40. The van der Waals surface area contributed by atoms with Crippen molar-refractivity contribution in [3.63, 3.8) is 0 Å². The standard InChI is InChI=1S/C13H8BrNS/c14-10-5-4-9-7-13(16-12(9)8-10)11-3-1-2-6-15-11/h1-8H. The molecule has 3 rings (SSSR count). The summed E-state index contributed by atoms with van der Waals surface area (Å²) in [5.41, 5.74) is 1.04. The molecule has 0 bridgehead atoms. The topological polar surface area (TPSA) is 12.9 Å². The van der Waals surface area contributed by atoms with Crippen LogP contribution in [-0.4, -0.2) is 4.98 Å². The molecule has 2 aromatic heterocycles. The molecule has 0 saturated heterocycles. The Kier molecular flexibility index (Phi) is 2.50. The Morgan fingerprint density at radius 3 is 2.81 bits per heavy atom. The molecule has 0 saturated carbocycles. The largest absolute Gasteiger partial charge is 0.255 e. The predicted molar refractivity (Wildman–Crippen MR) is 72.8 cm³/mol. The minimum atomic E-state index is 1.04. The van der Waals surface area contributed by atoms with E-state index in [4.69, 9.17) is 0 Å². The van der Waals surface area contributed by atoms with Crippen molar-refractivity contribution < 1.29 is 0 Å². The van der Waals surface area contributed by atoms with E-state index in [0.717, 1.165) is 10.2 Å². The quantitative estimate of drug-likeness (QED) is 0.631. The summed E-state index contributed by atoms with van der Waals surface area (Å²) in [5.74, 6) is 0. The Bertz CT molecular complexity index is 631. The smallest absolute Gasteiger partial charge is 0.0802 e. The van der Waals surface area contributed by atoms with Gasteiger partial charge in [0, 0.05) is 15.4 Å². The molecule has 0 fully saturated rings. The average molecular weight is 290 g/mol. The second-order valence-corrected chi connectivity index (χ2v) is 5.51. The van der Waals surface area contributed by atoms with Crippen LogP contribution in [-0.2, 0) is 0 Å². The van der Waals surface area contributed by atoms with E-state index in [0.29, 0.717) is 0 Å². The zero-order valence-corrected chi connectivity index (χ0v) is 10.8. The summed E-state index contributed by atoms with van der Waals surface area (Å²) in [4.78, 5) is 5.58. The van der Waals surface area contributed by atoms with Gasteiger partial charge in [-0.1, -0.05) is 28.1 Å². The van der Waals surface area contributed by atoms with Gasteiger partial charge in [-0.15, -0.1) is 11.3 Å². The molecule has 1 nitrogen and oxygen atoms in total. The second kappa shape index (κ2) is 4.00. The van der Waals surface area contributed by atoms with Crippen LogP contribution in [0.15, 0.2) is 53.1 Å². The number of hydrogen-bond acceptors (Lipinski definition) is 2. The van der Waals surface area contributed by atoms with E-state index in [-0.39, 0.29) is 0 Å². The van der Waals surface area contributed by atoms with Gasteiger partial charge in [0.05, 0.1) is 10.6 Å². The third-order valence-corrected chi connectivity index (χ3v) is 4.01. The van der Waals surface area contributed by atoms with Gasteiger partial charge in [-0.3, -0.25) is 4.98 Å². The highest BCUT2D eigenvalue weighted by Crippen LogP contribution is 2.33. The summed E-state index contributed by atoms with van der Waals surface area (Å²) in [5, 5.41) is 1.27. The van der Waals surface area contributed by atoms with Gasteiger partial charge in [-0.2, -0.15) is 0 Å². The molecule has 0 aliphatic rings. The summed E-state index contributed by atoms with van der Waals surface area (Å²) in [6, 6.07) is 14.5. The maximum absolute atomic E-state index is 4.37. The van der Waals surface area contributed by atoms with Crippen molar-refractivity contribution in [1.82, 2.24) is 4.98 Å². The fourth-order valence-corrected chi connectivity index (χ4v) is 3.23. The number of rotatable bonds is 1. The average Bonchev–Trinajstić information content (AvgIpc) is 2.73. The molecule has 0 N–H and O–H groups in total. The van der Waals surface area contributed by atoms with Crippen LogP contribution in [0.4, 0.5) is 0 Å². The van der Waals surface area contributed by atoms with E-state index in [2.05, 4.69) is 45.2 Å². The third kappa shape index (κ3) is 1.77. The number of aromatic nitrogens is 1. The van der Waals surface area contributed by atoms with Crippen LogP contribution < -0.4 is 0 Å². The first kappa shape index (κ1) is 10.00. The van der Waals surface area contributed by atoms with E-state index >= 15 is 0 Å². The highest BCUT2D eigenvalue weighted by atomic mass is 79.9. The highest BCUT2D eigenvalue weighted by molar-refractivity contribution is 9.10. The molecule has 2 heterocycles. The number of hydrogen-bond donors (Lipinski definition) is 0. The molecule has 78 valence electrons. The fourth-order valence-electron chi connectivity index (χ4n) is 1.64. The monoisotopic (exact) mass is 289 g/mol. The molecule has 1 aromatic carbocycles. The summed E-state index contributed by atoms with van der Waals surface area (Å²) in [7, 11) is 0. The van der Waals surface area contributed by atoms with Crippen LogP contribution in [0.5, 0.6) is 0 Å². The van der Waals surface area contributed by atoms with Crippen molar-refractivity contribution in [2.45, 2.75) is 0 Å². The first-order valence-corrected chi connectivity index (χ1v) is 6.54. The minimum Gasteiger partial charge on any atom is -0.255 e. The first-order valence-electron chi connectivity index (χ1n) is 4.93. The number of pyridine rings is 1. The van der Waals surface area contributed by atoms with Crippen LogP contribution in [0.3, 0.4) is 0 Å². The van der Waals surface area contributed by atoms with Crippen LogP contribution >= 0.6 is 27.3 Å². The number of halogens is 1. The van der Waals surface area contributed by atoms with E-state index in [1.165, 1.54) is 15.0 Å². The second-order valence-electron chi connectivity index (χ2n) is 3.51. The molecule has 0 aliphatic carbocycles. The Hall–Kier alpha value is -1.19. The van der Waals surface area contributed by atoms with Gasteiger partial charge in [0.25, 0.3) is 0 Å². The summed E-state index contributed by atoms with van der Waals surface area (Å²) in [6.45, 7) is 0. The van der Waals surface area contributed by atoms with E-state index in [9.17, 15) is 0 Å². The first-order chi connectivity index (χ1) is 7.83. The Morgan fingerprint density at radius 1 is 1.06 bits per heavy atom. The van der Waals surface area contributed by atoms with Crippen molar-refractivity contribution in [3.05, 3.63) is 53.1 Å². The number of fused-ring (bicyclic) bond motifs is 1. The lowest BCUT2D eigenvalue weighted by atomic mass is 10.2. The molecular weight excluding hydrogens is 282 g/mol. The van der Waals surface area contributed by atoms with Crippen molar-refractivity contribution in [3.8, 4) is 10.6 Å². The highest BCUT2D eigenvalue weighted by Gasteiger charge is 2.04. The van der Waals surface area contributed by atoms with Crippen molar-refractivity contribution >= 4 is 37.4 Å². The van der Waals surface area contributed by atoms with Crippen LogP contribution in [0.1, 0.15) is 0 Å². The Morgan fingerprint density at radius 2 is 2.00 bits per heavy atom. The lowest BCUT2D eigenvalue weighted by Crippen LogP contribution is -1.75. The van der Waals surface area contributed by atoms with Gasteiger partial charge in [0.2, 0.25) is 0 Å². The Labute approximate surface area is 106 Å². The number of nitrogens with zero attached hydrogens (tertiary/aromatic N) is 1. The lowest BCUT2D eigenvalue weighted by Gasteiger charge is -1.92. The molecule has 3 heteroatoms. The Balaban J connectivity index is 2.19. The van der Waals surface area contributed by atoms with Crippen LogP contribution in [0, 0.1) is 0 Å². The predicted octanol–water partition coefficient (Wildman–Crippen LogP) is 4.73. The van der Waals surface area contributed by atoms with E-state index in [1.54, 1.807) is 11.3 Å². The van der Waals surface area contributed by atoms with Gasteiger partial charge in [0.1, 0.15) is 0 Å². The molecule has 0 spiro atoms. The van der Waals surface area contributed by atoms with Gasteiger partial charge in [-0.05, 0) is 35.7 Å². The maximum Gasteiger partial charge on any atom is 0.0802 e. The van der Waals surface area contributed by atoms with Gasteiger partial charge < -0.3 is 0 Å². The molecule has 3 aromatic rings. The van der Waals surface area contributed by atoms with Crippen molar-refractivity contribution in [1.29, 1.82) is 0 Å². The van der Waals surface area contributed by atoms with Gasteiger partial charge in [0.15, 0.2) is 0 Å². The van der Waals surface area contributed by atoms with Crippen molar-refractivity contribution in [2.75, 3.05) is 0 Å². The molecule has 0 atom stereocenters. The normalized spacial score (nSPS) is 10.8. The lowest BCUT2D eigenvalue weighted by molar-refractivity contribution is 1.34. The van der Waals surface area contributed by atoms with Gasteiger partial charge in [-0.25, -0.2) is 0 Å². The van der Waals surface area contributed by atoms with E-state index in [1.807, 2.05) is 24.4 Å². The SMILES string of the molecule is Brc1ccc2cc(-c3ccccn3)sc2c1. The minimum absolute atomic E-state index is 1.04. The van der Waals surface area contributed by atoms with E-state index < -0.39 is 0 Å².